The van der Waals surface area contributed by atoms with Crippen molar-refractivity contribution in [3.63, 3.8) is 0 Å². The second kappa shape index (κ2) is 19.1. The normalized spacial score (nSPS) is 19.7. The van der Waals surface area contributed by atoms with Crippen LogP contribution < -0.4 is 25.0 Å². The van der Waals surface area contributed by atoms with Gasteiger partial charge in [0.25, 0.3) is 0 Å². The van der Waals surface area contributed by atoms with Gasteiger partial charge in [-0.2, -0.15) is 0 Å². The number of carbonyl (C=O) groups is 1. The number of ether oxygens (including phenoxy) is 5. The van der Waals surface area contributed by atoms with Gasteiger partial charge >= 0.3 is 14.3 Å². The van der Waals surface area contributed by atoms with Crippen molar-refractivity contribution in [3.05, 3.63) is 118 Å². The molecule has 0 N–H and O–H groups in total. The molecule has 0 spiro atoms. The molecule has 1 saturated heterocycles. The summed E-state index contributed by atoms with van der Waals surface area (Å²) in [6.45, 7) is 18.8. The first-order valence-corrected chi connectivity index (χ1v) is 22.9. The summed E-state index contributed by atoms with van der Waals surface area (Å²) >= 11 is 0. The largest absolute Gasteiger partial charge is 0.533 e. The van der Waals surface area contributed by atoms with Gasteiger partial charge in [-0.05, 0) is 66.7 Å². The topological polar surface area (TPSA) is 103 Å². The molecule has 2 heterocycles. The van der Waals surface area contributed by atoms with Crippen molar-refractivity contribution < 1.29 is 37.3 Å². The number of hydrogen-bond acceptors (Lipinski definition) is 9. The Kier molecular flexibility index (Phi) is 14.2. The van der Waals surface area contributed by atoms with E-state index in [4.69, 9.17) is 32.5 Å². The van der Waals surface area contributed by atoms with E-state index in [9.17, 15) is 4.79 Å². The average molecular weight is 821 g/mol. The van der Waals surface area contributed by atoms with E-state index in [1.807, 2.05) is 93.6 Å². The first-order chi connectivity index (χ1) is 28.3. The van der Waals surface area contributed by atoms with Crippen molar-refractivity contribution >= 4 is 35.6 Å². The Labute approximate surface area is 350 Å². The molecule has 4 aromatic carbocycles. The Morgan fingerprint density at radius 3 is 1.88 bits per heavy atom. The molecule has 1 aliphatic rings. The van der Waals surface area contributed by atoms with Gasteiger partial charge in [-0.1, -0.05) is 138 Å². The zero-order valence-electron chi connectivity index (χ0n) is 36.0. The fourth-order valence-electron chi connectivity index (χ4n) is 7.94. The van der Waals surface area contributed by atoms with Crippen molar-refractivity contribution in [3.8, 4) is 22.8 Å². The molecule has 59 heavy (non-hydrogen) atoms. The minimum Gasteiger partial charge on any atom is -0.533 e. The third-order valence-electron chi connectivity index (χ3n) is 10.9. The van der Waals surface area contributed by atoms with Crippen molar-refractivity contribution in [2.45, 2.75) is 124 Å². The highest BCUT2D eigenvalue weighted by molar-refractivity contribution is 7.00. The molecule has 0 amide bonds. The van der Waals surface area contributed by atoms with Gasteiger partial charge < -0.3 is 32.5 Å². The van der Waals surface area contributed by atoms with Gasteiger partial charge in [-0.25, -0.2) is 0 Å². The van der Waals surface area contributed by atoms with Crippen LogP contribution in [0.25, 0.3) is 22.3 Å². The summed E-state index contributed by atoms with van der Waals surface area (Å²) in [5.41, 5.74) is 2.43. The summed E-state index contributed by atoms with van der Waals surface area (Å²) in [5, 5.41) is 1.96. The molecule has 10 heteroatoms. The predicted octanol–water partition coefficient (Wildman–Crippen LogP) is 9.44. The summed E-state index contributed by atoms with van der Waals surface area (Å²) in [4.78, 5) is 28.3. The number of carbonyl (C=O) groups excluding carboxylic acids is 1. The van der Waals surface area contributed by atoms with E-state index in [-0.39, 0.29) is 21.9 Å². The molecule has 0 aliphatic carbocycles. The number of benzene rings is 4. The van der Waals surface area contributed by atoms with E-state index < -0.39 is 50.4 Å². The Hall–Kier alpha value is -4.74. The lowest BCUT2D eigenvalue weighted by atomic mass is 9.98. The van der Waals surface area contributed by atoms with E-state index in [2.05, 4.69) is 58.9 Å². The molecule has 314 valence electrons. The number of fused-ring (bicyclic) bond motifs is 1. The maximum absolute atomic E-state index is 15.5. The standard InChI is InChI=1S/C49H60O9Si/c1-10-12-28-52-43-34(5)54-48(47(55-35(6)50)46(43)53-29-13-11-2)57-45-42(51)41-39(56-44(45)36-26-24-32(3)25-27-36)30-33(4)31-40(41)58-59(49(7,8)9,37-20-16-14-17-21-37)38-22-18-15-19-23-38/h14-27,30-31,34,43,46-48H,10-13,28-29H2,1-9H3. The van der Waals surface area contributed by atoms with Crippen LogP contribution in [-0.2, 0) is 23.7 Å². The second-order valence-corrected chi connectivity index (χ2v) is 20.9. The highest BCUT2D eigenvalue weighted by Gasteiger charge is 2.53. The summed E-state index contributed by atoms with van der Waals surface area (Å²) in [6, 6.07) is 32.0. The Balaban J connectivity index is 1.57. The lowest BCUT2D eigenvalue weighted by Gasteiger charge is -2.44. The van der Waals surface area contributed by atoms with Crippen LogP contribution in [0.5, 0.6) is 11.5 Å². The first-order valence-electron chi connectivity index (χ1n) is 21.0. The molecule has 5 atom stereocenters. The van der Waals surface area contributed by atoms with Gasteiger partial charge in [0, 0.05) is 25.7 Å². The highest BCUT2D eigenvalue weighted by Crippen LogP contribution is 2.42. The summed E-state index contributed by atoms with van der Waals surface area (Å²) in [7, 11) is -3.22. The zero-order chi connectivity index (χ0) is 42.3. The van der Waals surface area contributed by atoms with Crippen LogP contribution in [-0.4, -0.2) is 58.2 Å². The molecule has 0 radical (unpaired) electrons. The monoisotopic (exact) mass is 820 g/mol. The molecule has 0 bridgehead atoms. The molecule has 1 fully saturated rings. The lowest BCUT2D eigenvalue weighted by Crippen LogP contribution is -2.68. The minimum absolute atomic E-state index is 0.0930. The van der Waals surface area contributed by atoms with Gasteiger partial charge in [0.1, 0.15) is 28.9 Å². The van der Waals surface area contributed by atoms with Crippen LogP contribution in [0.4, 0.5) is 0 Å². The molecule has 5 unspecified atom stereocenters. The third kappa shape index (κ3) is 9.52. The third-order valence-corrected chi connectivity index (χ3v) is 15.9. The molecular formula is C49H60O9Si. The van der Waals surface area contributed by atoms with Crippen molar-refractivity contribution in [2.24, 2.45) is 0 Å². The maximum Gasteiger partial charge on any atom is 0.319 e. The first kappa shape index (κ1) is 43.8. The van der Waals surface area contributed by atoms with Crippen molar-refractivity contribution in [2.75, 3.05) is 13.2 Å². The van der Waals surface area contributed by atoms with Crippen LogP contribution in [0, 0.1) is 13.8 Å². The number of esters is 1. The molecule has 5 aromatic rings. The van der Waals surface area contributed by atoms with Gasteiger partial charge in [0.15, 0.2) is 11.9 Å². The van der Waals surface area contributed by atoms with Crippen LogP contribution in [0.2, 0.25) is 5.04 Å². The highest BCUT2D eigenvalue weighted by atomic mass is 28.4. The zero-order valence-corrected chi connectivity index (χ0v) is 37.0. The predicted molar refractivity (Wildman–Crippen MR) is 235 cm³/mol. The molecular weight excluding hydrogens is 761 g/mol. The summed E-state index contributed by atoms with van der Waals surface area (Å²) < 4.78 is 46.5. The number of hydrogen-bond donors (Lipinski definition) is 0. The Morgan fingerprint density at radius 1 is 0.763 bits per heavy atom. The van der Waals surface area contributed by atoms with Crippen LogP contribution in [0.15, 0.2) is 106 Å². The van der Waals surface area contributed by atoms with Crippen molar-refractivity contribution in [1.82, 2.24) is 0 Å². The second-order valence-electron chi connectivity index (χ2n) is 16.6. The van der Waals surface area contributed by atoms with Gasteiger partial charge in [0.2, 0.25) is 17.5 Å². The minimum atomic E-state index is -3.22. The van der Waals surface area contributed by atoms with E-state index in [0.717, 1.165) is 47.2 Å². The lowest BCUT2D eigenvalue weighted by molar-refractivity contribution is -0.289. The Bertz CT molecular complexity index is 2170. The fourth-order valence-corrected chi connectivity index (χ4v) is 12.4. The molecule has 1 aromatic heterocycles. The molecule has 0 saturated carbocycles. The smallest absolute Gasteiger partial charge is 0.319 e. The molecule has 6 rings (SSSR count). The van der Waals surface area contributed by atoms with Gasteiger partial charge in [-0.3, -0.25) is 9.59 Å². The number of aryl methyl sites for hydroxylation is 2. The van der Waals surface area contributed by atoms with Gasteiger partial charge in [-0.15, -0.1) is 0 Å². The van der Waals surface area contributed by atoms with Crippen LogP contribution in [0.1, 0.15) is 85.3 Å². The van der Waals surface area contributed by atoms with E-state index >= 15 is 4.79 Å². The van der Waals surface area contributed by atoms with E-state index in [1.165, 1.54) is 6.92 Å². The number of rotatable bonds is 16. The summed E-state index contributed by atoms with van der Waals surface area (Å²) in [6.07, 6.45) is -0.644. The van der Waals surface area contributed by atoms with Crippen molar-refractivity contribution in [1.29, 1.82) is 0 Å². The molecule has 1 aliphatic heterocycles. The maximum atomic E-state index is 15.5. The van der Waals surface area contributed by atoms with E-state index in [0.29, 0.717) is 30.1 Å². The van der Waals surface area contributed by atoms with E-state index in [1.54, 1.807) is 0 Å². The summed E-state index contributed by atoms with van der Waals surface area (Å²) in [5.74, 6) is -0.0292. The average Bonchev–Trinajstić information content (AvgIpc) is 3.20. The quantitative estimate of drug-likeness (QED) is 0.0548. The van der Waals surface area contributed by atoms with Gasteiger partial charge in [0.05, 0.1) is 6.10 Å². The number of unbranched alkanes of at least 4 members (excludes halogenated alkanes) is 2. The van der Waals surface area contributed by atoms with Crippen LogP contribution in [0.3, 0.4) is 0 Å². The SMILES string of the molecule is CCCCOC1C(C)OC(Oc2c(-c3ccc(C)cc3)oc3cc(C)cc(O[Si](c4ccccc4)(c4ccccc4)C(C)(C)C)c3c2=O)C(OC(C)=O)C1OCCCC. The fraction of sp³-hybridized carbons (Fsp3) is 0.429. The van der Waals surface area contributed by atoms with Crippen LogP contribution >= 0.6 is 0 Å². The molecule has 9 nitrogen and oxygen atoms in total. The Morgan fingerprint density at radius 2 is 1.34 bits per heavy atom.